The molecule has 2 fully saturated rings. The number of hydrogen-bond acceptors (Lipinski definition) is 3. The maximum Gasteiger partial charge on any atom is 0.0765 e. The normalized spacial score (nSPS) is 39.0. The molecule has 0 aromatic rings. The van der Waals surface area contributed by atoms with Gasteiger partial charge in [-0.25, -0.2) is 0 Å². The summed E-state index contributed by atoms with van der Waals surface area (Å²) in [6.45, 7) is 5.58. The number of rotatable bonds is 3. The van der Waals surface area contributed by atoms with Gasteiger partial charge in [0.05, 0.1) is 17.8 Å². The summed E-state index contributed by atoms with van der Waals surface area (Å²) < 4.78 is 5.95. The molecule has 3 heteroatoms. The second-order valence-electron chi connectivity index (χ2n) is 7.36. The number of nitrogens with two attached hydrogens (primary N) is 1. The van der Waals surface area contributed by atoms with Gasteiger partial charge in [0.25, 0.3) is 0 Å². The van der Waals surface area contributed by atoms with Crippen LogP contribution >= 0.6 is 0 Å². The molecule has 1 saturated heterocycles. The summed E-state index contributed by atoms with van der Waals surface area (Å²) in [6, 6.07) is 0. The minimum absolute atomic E-state index is 0.0897. The van der Waals surface area contributed by atoms with Crippen molar-refractivity contribution in [1.82, 2.24) is 0 Å². The zero-order chi connectivity index (χ0) is 14.7. The van der Waals surface area contributed by atoms with Crippen LogP contribution in [-0.4, -0.2) is 29.5 Å². The Morgan fingerprint density at radius 2 is 1.65 bits per heavy atom. The van der Waals surface area contributed by atoms with Crippen LogP contribution in [0.25, 0.3) is 0 Å². The van der Waals surface area contributed by atoms with Crippen LogP contribution < -0.4 is 5.73 Å². The smallest absolute Gasteiger partial charge is 0.0765 e. The third-order valence-corrected chi connectivity index (χ3v) is 6.07. The predicted molar refractivity (Wildman–Crippen MR) is 82.6 cm³/mol. The van der Waals surface area contributed by atoms with E-state index >= 15 is 0 Å². The molecule has 0 spiro atoms. The van der Waals surface area contributed by atoms with Crippen molar-refractivity contribution in [3.63, 3.8) is 0 Å². The monoisotopic (exact) mass is 283 g/mol. The van der Waals surface area contributed by atoms with Crippen molar-refractivity contribution >= 4 is 0 Å². The Morgan fingerprint density at radius 3 is 2.20 bits per heavy atom. The van der Waals surface area contributed by atoms with Crippen LogP contribution in [0.15, 0.2) is 0 Å². The molecule has 1 aliphatic heterocycles. The molecule has 2 aliphatic rings. The van der Waals surface area contributed by atoms with E-state index in [2.05, 4.69) is 13.8 Å². The highest BCUT2D eigenvalue weighted by Crippen LogP contribution is 2.50. The molecule has 2 atom stereocenters. The molecular weight excluding hydrogens is 250 g/mol. The topological polar surface area (TPSA) is 55.5 Å². The molecule has 0 aromatic heterocycles. The fraction of sp³-hybridized carbons (Fsp3) is 1.00. The largest absolute Gasteiger partial charge is 0.389 e. The van der Waals surface area contributed by atoms with Gasteiger partial charge in [-0.2, -0.15) is 0 Å². The van der Waals surface area contributed by atoms with Gasteiger partial charge in [-0.1, -0.05) is 39.0 Å². The van der Waals surface area contributed by atoms with Gasteiger partial charge in [-0.05, 0) is 26.2 Å². The molecule has 0 bridgehead atoms. The van der Waals surface area contributed by atoms with Gasteiger partial charge in [0, 0.05) is 24.8 Å². The molecule has 1 aliphatic carbocycles. The third-order valence-electron chi connectivity index (χ3n) is 6.07. The lowest BCUT2D eigenvalue weighted by Gasteiger charge is -2.54. The van der Waals surface area contributed by atoms with Crippen molar-refractivity contribution in [3.05, 3.63) is 0 Å². The fourth-order valence-electron chi connectivity index (χ4n) is 4.35. The average molecular weight is 283 g/mol. The van der Waals surface area contributed by atoms with Crippen molar-refractivity contribution in [3.8, 4) is 0 Å². The number of aliphatic hydroxyl groups is 1. The van der Waals surface area contributed by atoms with E-state index in [1.165, 1.54) is 32.1 Å². The van der Waals surface area contributed by atoms with Gasteiger partial charge in [0.15, 0.2) is 0 Å². The summed E-state index contributed by atoms with van der Waals surface area (Å²) in [6.07, 6.45) is 11.0. The Labute approximate surface area is 124 Å². The van der Waals surface area contributed by atoms with Crippen molar-refractivity contribution in [2.24, 2.45) is 11.1 Å². The SMILES string of the molecule is CCC1(C)CC(O)(C2(CN)CCCCCCC2)CCO1. The lowest BCUT2D eigenvalue weighted by molar-refractivity contribution is -0.204. The fourth-order valence-corrected chi connectivity index (χ4v) is 4.35. The summed E-state index contributed by atoms with van der Waals surface area (Å²) in [5, 5.41) is 11.5. The molecule has 2 rings (SSSR count). The molecule has 0 radical (unpaired) electrons. The zero-order valence-corrected chi connectivity index (χ0v) is 13.4. The van der Waals surface area contributed by atoms with Gasteiger partial charge in [-0.3, -0.25) is 0 Å². The molecule has 0 amide bonds. The van der Waals surface area contributed by atoms with E-state index in [4.69, 9.17) is 10.5 Å². The molecule has 1 heterocycles. The molecule has 2 unspecified atom stereocenters. The van der Waals surface area contributed by atoms with Gasteiger partial charge in [0.1, 0.15) is 0 Å². The first-order valence-corrected chi connectivity index (χ1v) is 8.56. The van der Waals surface area contributed by atoms with Gasteiger partial charge >= 0.3 is 0 Å². The lowest BCUT2D eigenvalue weighted by atomic mass is 9.59. The van der Waals surface area contributed by atoms with Gasteiger partial charge in [0.2, 0.25) is 0 Å². The molecule has 3 nitrogen and oxygen atoms in total. The van der Waals surface area contributed by atoms with Crippen LogP contribution in [0.3, 0.4) is 0 Å². The first-order valence-electron chi connectivity index (χ1n) is 8.56. The summed E-state index contributed by atoms with van der Waals surface area (Å²) in [5.41, 5.74) is 5.29. The average Bonchev–Trinajstić information content (AvgIpc) is 2.38. The van der Waals surface area contributed by atoms with Crippen molar-refractivity contribution in [1.29, 1.82) is 0 Å². The highest BCUT2D eigenvalue weighted by Gasteiger charge is 2.53. The van der Waals surface area contributed by atoms with E-state index in [1.54, 1.807) is 0 Å². The van der Waals surface area contributed by atoms with Crippen LogP contribution in [-0.2, 0) is 4.74 Å². The standard InChI is InChI=1S/C17H33NO2/c1-3-15(2)13-17(19,11-12-20-15)16(14-18)9-7-5-4-6-8-10-16/h19H,3-14,18H2,1-2H3. The first-order chi connectivity index (χ1) is 9.49. The molecule has 20 heavy (non-hydrogen) atoms. The van der Waals surface area contributed by atoms with Crippen LogP contribution in [0.1, 0.15) is 78.1 Å². The molecule has 0 aromatic carbocycles. The van der Waals surface area contributed by atoms with Crippen LogP contribution in [0, 0.1) is 5.41 Å². The van der Waals surface area contributed by atoms with Crippen LogP contribution in [0.5, 0.6) is 0 Å². The van der Waals surface area contributed by atoms with E-state index in [1.807, 2.05) is 0 Å². The zero-order valence-electron chi connectivity index (χ0n) is 13.4. The third kappa shape index (κ3) is 3.05. The van der Waals surface area contributed by atoms with Crippen LogP contribution in [0.4, 0.5) is 0 Å². The highest BCUT2D eigenvalue weighted by molar-refractivity contribution is 5.05. The Kier molecular flexibility index (Phi) is 5.14. The van der Waals surface area contributed by atoms with Crippen LogP contribution in [0.2, 0.25) is 0 Å². The Morgan fingerprint density at radius 1 is 1.05 bits per heavy atom. The number of ether oxygens (including phenoxy) is 1. The first kappa shape index (κ1) is 16.3. The Balaban J connectivity index is 2.22. The van der Waals surface area contributed by atoms with E-state index in [9.17, 15) is 5.11 Å². The van der Waals surface area contributed by atoms with Crippen molar-refractivity contribution < 1.29 is 9.84 Å². The molecular formula is C17H33NO2. The molecule has 1 saturated carbocycles. The minimum Gasteiger partial charge on any atom is -0.389 e. The maximum atomic E-state index is 11.5. The van der Waals surface area contributed by atoms with Gasteiger partial charge in [-0.15, -0.1) is 0 Å². The summed E-state index contributed by atoms with van der Waals surface area (Å²) in [4.78, 5) is 0. The van der Waals surface area contributed by atoms with E-state index in [0.29, 0.717) is 13.2 Å². The Bertz CT molecular complexity index is 312. The quantitative estimate of drug-likeness (QED) is 0.835. The predicted octanol–water partition coefficient (Wildman–Crippen LogP) is 3.39. The molecule has 118 valence electrons. The summed E-state index contributed by atoms with van der Waals surface area (Å²) in [7, 11) is 0. The van der Waals surface area contributed by atoms with E-state index in [-0.39, 0.29) is 11.0 Å². The highest BCUT2D eigenvalue weighted by atomic mass is 16.5. The summed E-state index contributed by atoms with van der Waals surface area (Å²) in [5.74, 6) is 0. The van der Waals surface area contributed by atoms with E-state index in [0.717, 1.165) is 32.1 Å². The second-order valence-corrected chi connectivity index (χ2v) is 7.36. The lowest BCUT2D eigenvalue weighted by Crippen LogP contribution is -2.59. The molecule has 3 N–H and O–H groups in total. The Hall–Kier alpha value is -0.120. The maximum absolute atomic E-state index is 11.5. The van der Waals surface area contributed by atoms with Gasteiger partial charge < -0.3 is 15.6 Å². The second kappa shape index (κ2) is 6.33. The summed E-state index contributed by atoms with van der Waals surface area (Å²) >= 11 is 0. The minimum atomic E-state index is -0.637. The number of hydrogen-bond donors (Lipinski definition) is 2. The van der Waals surface area contributed by atoms with Crippen molar-refractivity contribution in [2.75, 3.05) is 13.2 Å². The van der Waals surface area contributed by atoms with E-state index < -0.39 is 5.60 Å². The van der Waals surface area contributed by atoms with Crippen molar-refractivity contribution in [2.45, 2.75) is 89.3 Å².